The van der Waals surface area contributed by atoms with Crippen LogP contribution in [0.2, 0.25) is 0 Å². The number of carbonyl (C=O) groups excluding carboxylic acids is 1. The second-order valence-electron chi connectivity index (χ2n) is 7.03. The van der Waals surface area contributed by atoms with E-state index in [4.69, 9.17) is 5.10 Å². The Kier molecular flexibility index (Phi) is 5.22. The number of nitrogens with one attached hydrogen (secondary N) is 1. The number of fused-ring (bicyclic) bond motifs is 1. The molecule has 0 spiro atoms. The Balaban J connectivity index is 1.51. The third kappa shape index (κ3) is 3.70. The van der Waals surface area contributed by atoms with Gasteiger partial charge in [-0.25, -0.2) is 14.2 Å². The monoisotopic (exact) mass is 436 g/mol. The first kappa shape index (κ1) is 19.2. The second kappa shape index (κ2) is 8.16. The van der Waals surface area contributed by atoms with Gasteiger partial charge >= 0.3 is 0 Å². The number of aryl methyl sites for hydroxylation is 1. The van der Waals surface area contributed by atoms with Crippen LogP contribution in [0.1, 0.15) is 32.6 Å². The fraction of sp³-hybridized carbons (Fsp3) is 0.238. The van der Waals surface area contributed by atoms with E-state index in [1.54, 1.807) is 23.0 Å². The van der Waals surface area contributed by atoms with Gasteiger partial charge in [0, 0.05) is 18.5 Å². The summed E-state index contributed by atoms with van der Waals surface area (Å²) in [5.74, 6) is 2.64. The molecule has 9 heteroatoms. The van der Waals surface area contributed by atoms with E-state index in [1.165, 1.54) is 18.2 Å². The van der Waals surface area contributed by atoms with E-state index in [2.05, 4.69) is 22.3 Å². The number of amides is 1. The van der Waals surface area contributed by atoms with Gasteiger partial charge in [0.2, 0.25) is 0 Å². The minimum absolute atomic E-state index is 0.257. The van der Waals surface area contributed by atoms with Crippen molar-refractivity contribution in [3.8, 4) is 5.69 Å². The van der Waals surface area contributed by atoms with Crippen LogP contribution in [0.25, 0.3) is 11.3 Å². The maximum atomic E-state index is 13.1. The van der Waals surface area contributed by atoms with Crippen LogP contribution in [0.3, 0.4) is 0 Å². The number of aromatic nitrogens is 5. The molecule has 5 rings (SSSR count). The van der Waals surface area contributed by atoms with Crippen molar-refractivity contribution >= 4 is 40.9 Å². The Morgan fingerprint density at radius 1 is 1.20 bits per heavy atom. The lowest BCUT2D eigenvalue weighted by Gasteiger charge is -2.18. The van der Waals surface area contributed by atoms with Crippen LogP contribution in [0.15, 0.2) is 55.0 Å². The molecule has 7 nitrogen and oxygen atoms in total. The van der Waals surface area contributed by atoms with Crippen LogP contribution in [0.5, 0.6) is 0 Å². The maximum absolute atomic E-state index is 13.1. The van der Waals surface area contributed by atoms with Crippen LogP contribution in [-0.2, 0) is 0 Å². The number of thioether (sulfide) groups is 2. The minimum atomic E-state index is -0.257. The van der Waals surface area contributed by atoms with Gasteiger partial charge in [0.25, 0.3) is 5.91 Å². The molecule has 0 saturated carbocycles. The van der Waals surface area contributed by atoms with Gasteiger partial charge in [0.1, 0.15) is 11.4 Å². The maximum Gasteiger partial charge on any atom is 0.262 e. The molecule has 0 aliphatic carbocycles. The first-order chi connectivity index (χ1) is 14.7. The fourth-order valence-corrected chi connectivity index (χ4v) is 6.08. The number of hydrogen-bond acceptors (Lipinski definition) is 6. The normalized spacial score (nSPS) is 14.8. The summed E-state index contributed by atoms with van der Waals surface area (Å²) in [4.78, 5) is 17.3. The number of benzene rings is 1. The fourth-order valence-electron chi connectivity index (χ4n) is 3.32. The van der Waals surface area contributed by atoms with Crippen LogP contribution >= 0.6 is 23.5 Å². The van der Waals surface area contributed by atoms with Gasteiger partial charge in [-0.3, -0.25) is 4.79 Å². The SMILES string of the molecule is Cc1ccc(-n2nc(C3SCCCS3)cc2NC(=O)c2cnn3cccnc23)cc1. The standard InChI is InChI=1S/C21H20N6OS2/c1-14-4-6-15(7-5-14)27-18(12-17(25-27)21-29-10-3-11-30-21)24-20(28)16-13-23-26-9-2-8-22-19(16)26/h2,4-9,12-13,21H,3,10-11H2,1H3,(H,24,28). The van der Waals surface area contributed by atoms with Crippen LogP contribution in [0.4, 0.5) is 5.82 Å². The highest BCUT2D eigenvalue weighted by atomic mass is 32.2. The van der Waals surface area contributed by atoms with Crippen molar-refractivity contribution in [2.24, 2.45) is 0 Å². The highest BCUT2D eigenvalue weighted by Gasteiger charge is 2.23. The third-order valence-corrected chi connectivity index (χ3v) is 7.79. The molecule has 152 valence electrons. The van der Waals surface area contributed by atoms with Crippen molar-refractivity contribution in [3.05, 3.63) is 71.8 Å². The molecule has 4 aromatic rings. The molecule has 1 aliphatic heterocycles. The molecular formula is C21H20N6OS2. The number of hydrogen-bond donors (Lipinski definition) is 1. The molecule has 1 saturated heterocycles. The highest BCUT2D eigenvalue weighted by molar-refractivity contribution is 8.16. The molecule has 0 radical (unpaired) electrons. The number of anilines is 1. The summed E-state index contributed by atoms with van der Waals surface area (Å²) in [7, 11) is 0. The van der Waals surface area contributed by atoms with Crippen LogP contribution in [-0.4, -0.2) is 41.8 Å². The number of carbonyl (C=O) groups is 1. The summed E-state index contributed by atoms with van der Waals surface area (Å²) in [6.07, 6.45) is 6.18. The molecule has 0 atom stereocenters. The smallest absolute Gasteiger partial charge is 0.262 e. The van der Waals surface area contributed by atoms with Gasteiger partial charge in [0.05, 0.1) is 22.2 Å². The van der Waals surface area contributed by atoms with Gasteiger partial charge in [-0.15, -0.1) is 23.5 Å². The quantitative estimate of drug-likeness (QED) is 0.513. The van der Waals surface area contributed by atoms with Crippen molar-refractivity contribution in [3.63, 3.8) is 0 Å². The largest absolute Gasteiger partial charge is 0.306 e. The summed E-state index contributed by atoms with van der Waals surface area (Å²) in [5.41, 5.74) is 4.00. The zero-order valence-electron chi connectivity index (χ0n) is 16.4. The summed E-state index contributed by atoms with van der Waals surface area (Å²) in [5, 5.41) is 12.1. The highest BCUT2D eigenvalue weighted by Crippen LogP contribution is 2.43. The van der Waals surface area contributed by atoms with E-state index in [-0.39, 0.29) is 10.5 Å². The Hall–Kier alpha value is -2.78. The van der Waals surface area contributed by atoms with Gasteiger partial charge in [-0.05, 0) is 43.0 Å². The Morgan fingerprint density at radius 3 is 2.80 bits per heavy atom. The van der Waals surface area contributed by atoms with Crippen LogP contribution < -0.4 is 5.32 Å². The summed E-state index contributed by atoms with van der Waals surface area (Å²) in [6, 6.07) is 11.9. The molecule has 1 amide bonds. The zero-order valence-corrected chi connectivity index (χ0v) is 18.0. The lowest BCUT2D eigenvalue weighted by atomic mass is 10.2. The van der Waals surface area contributed by atoms with Crippen molar-refractivity contribution in [2.75, 3.05) is 16.8 Å². The molecule has 0 bridgehead atoms. The molecule has 1 N–H and O–H groups in total. The number of nitrogens with zero attached hydrogens (tertiary/aromatic N) is 5. The first-order valence-corrected chi connectivity index (χ1v) is 11.8. The van der Waals surface area contributed by atoms with Crippen molar-refractivity contribution in [1.82, 2.24) is 24.4 Å². The number of rotatable bonds is 4. The van der Waals surface area contributed by atoms with E-state index in [9.17, 15) is 4.79 Å². The minimum Gasteiger partial charge on any atom is -0.306 e. The van der Waals surface area contributed by atoms with Crippen molar-refractivity contribution in [1.29, 1.82) is 0 Å². The predicted octanol–water partition coefficient (Wildman–Crippen LogP) is 4.34. The average Bonchev–Trinajstić information content (AvgIpc) is 3.39. The second-order valence-corrected chi connectivity index (χ2v) is 9.75. The third-order valence-electron chi connectivity index (χ3n) is 4.84. The molecule has 1 fully saturated rings. The van der Waals surface area contributed by atoms with E-state index in [1.807, 2.05) is 58.5 Å². The van der Waals surface area contributed by atoms with Crippen LogP contribution in [0, 0.1) is 6.92 Å². The summed E-state index contributed by atoms with van der Waals surface area (Å²) >= 11 is 3.81. The van der Waals surface area contributed by atoms with Gasteiger partial charge < -0.3 is 5.32 Å². The van der Waals surface area contributed by atoms with Gasteiger partial charge in [0.15, 0.2) is 5.65 Å². The molecule has 0 unspecified atom stereocenters. The first-order valence-electron chi connectivity index (χ1n) is 9.69. The molecular weight excluding hydrogens is 416 g/mol. The Labute approximate surface area is 182 Å². The summed E-state index contributed by atoms with van der Waals surface area (Å²) in [6.45, 7) is 2.05. The molecule has 1 aliphatic rings. The molecule has 4 heterocycles. The van der Waals surface area contributed by atoms with Crippen molar-refractivity contribution in [2.45, 2.75) is 17.9 Å². The van der Waals surface area contributed by atoms with Crippen molar-refractivity contribution < 1.29 is 4.79 Å². The van der Waals surface area contributed by atoms with E-state index >= 15 is 0 Å². The van der Waals surface area contributed by atoms with Gasteiger partial charge in [-0.1, -0.05) is 17.7 Å². The van der Waals surface area contributed by atoms with E-state index in [0.29, 0.717) is 17.0 Å². The predicted molar refractivity (Wildman–Crippen MR) is 122 cm³/mol. The van der Waals surface area contributed by atoms with E-state index in [0.717, 1.165) is 22.9 Å². The Bertz CT molecular complexity index is 1190. The lowest BCUT2D eigenvalue weighted by molar-refractivity contribution is 0.102. The summed E-state index contributed by atoms with van der Waals surface area (Å²) < 4.78 is 3.67. The lowest BCUT2D eigenvalue weighted by Crippen LogP contribution is -2.15. The van der Waals surface area contributed by atoms with E-state index < -0.39 is 0 Å². The molecule has 1 aromatic carbocycles. The molecule has 30 heavy (non-hydrogen) atoms. The topological polar surface area (TPSA) is 77.1 Å². The Morgan fingerprint density at radius 2 is 2.00 bits per heavy atom. The van der Waals surface area contributed by atoms with Gasteiger partial charge in [-0.2, -0.15) is 10.2 Å². The zero-order chi connectivity index (χ0) is 20.5. The average molecular weight is 437 g/mol. The molecule has 3 aromatic heterocycles.